The fourth-order valence-corrected chi connectivity index (χ4v) is 3.80. The van der Waals surface area contributed by atoms with Gasteiger partial charge in [0.1, 0.15) is 11.6 Å². The smallest absolute Gasteiger partial charge is 0.343 e. The second-order valence-electron chi connectivity index (χ2n) is 6.68. The molecule has 0 spiro atoms. The topological polar surface area (TPSA) is 63.7 Å². The van der Waals surface area contributed by atoms with Gasteiger partial charge in [-0.25, -0.2) is 9.18 Å². The average molecular weight is 433 g/mol. The minimum absolute atomic E-state index is 0.122. The summed E-state index contributed by atoms with van der Waals surface area (Å²) in [7, 11) is 0. The molecule has 0 unspecified atom stereocenters. The van der Waals surface area contributed by atoms with E-state index in [0.717, 1.165) is 16.7 Å². The number of hydrogen-bond donors (Lipinski definition) is 0. The third-order valence-electron chi connectivity index (χ3n) is 4.56. The van der Waals surface area contributed by atoms with Crippen LogP contribution in [0.1, 0.15) is 21.5 Å². The van der Waals surface area contributed by atoms with Gasteiger partial charge in [0.15, 0.2) is 0 Å². The first-order valence-electron chi connectivity index (χ1n) is 9.37. The molecule has 0 bridgehead atoms. The highest BCUT2D eigenvalue weighted by Crippen LogP contribution is 2.33. The van der Waals surface area contributed by atoms with E-state index in [9.17, 15) is 18.8 Å². The Balaban J connectivity index is 1.45. The summed E-state index contributed by atoms with van der Waals surface area (Å²) in [6.07, 6.45) is 1.58. The number of rotatable bonds is 5. The number of carbonyl (C=O) groups is 3. The molecule has 3 aromatic rings. The van der Waals surface area contributed by atoms with Gasteiger partial charge in [0.2, 0.25) is 0 Å². The van der Waals surface area contributed by atoms with Gasteiger partial charge in [-0.1, -0.05) is 48.5 Å². The van der Waals surface area contributed by atoms with Gasteiger partial charge in [-0.05, 0) is 53.7 Å². The molecular formula is C24H16FNO4S. The number of thioether (sulfide) groups is 1. The van der Waals surface area contributed by atoms with Crippen LogP contribution >= 0.6 is 11.8 Å². The van der Waals surface area contributed by atoms with Crippen molar-refractivity contribution in [1.82, 2.24) is 4.90 Å². The molecule has 0 N–H and O–H groups in total. The van der Waals surface area contributed by atoms with Crippen LogP contribution in [0, 0.1) is 5.82 Å². The highest BCUT2D eigenvalue weighted by atomic mass is 32.2. The predicted molar refractivity (Wildman–Crippen MR) is 116 cm³/mol. The molecule has 4 rings (SSSR count). The Morgan fingerprint density at radius 3 is 2.32 bits per heavy atom. The van der Waals surface area contributed by atoms with Crippen LogP contribution in [-0.4, -0.2) is 22.0 Å². The van der Waals surface area contributed by atoms with Crippen molar-refractivity contribution in [2.75, 3.05) is 0 Å². The monoisotopic (exact) mass is 433 g/mol. The minimum Gasteiger partial charge on any atom is -0.423 e. The van der Waals surface area contributed by atoms with Crippen molar-refractivity contribution in [2.45, 2.75) is 6.54 Å². The zero-order valence-electron chi connectivity index (χ0n) is 16.2. The van der Waals surface area contributed by atoms with E-state index in [1.165, 1.54) is 12.1 Å². The SMILES string of the molecule is O=C(Oc1ccc(/C=C2\SC(=O)N(Cc3ccccc3F)C2=O)cc1)c1ccccc1. The first-order chi connectivity index (χ1) is 15.0. The van der Waals surface area contributed by atoms with Gasteiger partial charge in [0, 0.05) is 5.56 Å². The highest BCUT2D eigenvalue weighted by Gasteiger charge is 2.35. The Kier molecular flexibility index (Phi) is 5.95. The summed E-state index contributed by atoms with van der Waals surface area (Å²) < 4.78 is 19.2. The van der Waals surface area contributed by atoms with Crippen molar-refractivity contribution in [3.63, 3.8) is 0 Å². The maximum atomic E-state index is 13.9. The summed E-state index contributed by atoms with van der Waals surface area (Å²) >= 11 is 0.805. The van der Waals surface area contributed by atoms with Crippen LogP contribution in [0.4, 0.5) is 9.18 Å². The number of halogens is 1. The summed E-state index contributed by atoms with van der Waals surface area (Å²) in [4.78, 5) is 38.3. The molecule has 154 valence electrons. The number of amides is 2. The van der Waals surface area contributed by atoms with Gasteiger partial charge in [-0.15, -0.1) is 0 Å². The van der Waals surface area contributed by atoms with Crippen molar-refractivity contribution in [3.8, 4) is 5.75 Å². The summed E-state index contributed by atoms with van der Waals surface area (Å²) in [5.74, 6) is -1.05. The van der Waals surface area contributed by atoms with Gasteiger partial charge >= 0.3 is 5.97 Å². The largest absolute Gasteiger partial charge is 0.423 e. The highest BCUT2D eigenvalue weighted by molar-refractivity contribution is 8.18. The molecule has 7 heteroatoms. The lowest BCUT2D eigenvalue weighted by Gasteiger charge is -2.12. The van der Waals surface area contributed by atoms with E-state index in [-0.39, 0.29) is 17.0 Å². The molecule has 0 aliphatic carbocycles. The fraction of sp³-hybridized carbons (Fsp3) is 0.0417. The van der Waals surface area contributed by atoms with E-state index in [0.29, 0.717) is 16.9 Å². The third-order valence-corrected chi connectivity index (χ3v) is 5.47. The number of ether oxygens (including phenoxy) is 1. The zero-order valence-corrected chi connectivity index (χ0v) is 17.0. The van der Waals surface area contributed by atoms with Crippen LogP contribution in [0.5, 0.6) is 5.75 Å². The Labute approximate surface area is 182 Å². The molecule has 1 fully saturated rings. The van der Waals surface area contributed by atoms with Gasteiger partial charge in [0.05, 0.1) is 17.0 Å². The number of benzene rings is 3. The van der Waals surface area contributed by atoms with Gasteiger partial charge in [-0.3, -0.25) is 14.5 Å². The summed E-state index contributed by atoms with van der Waals surface area (Å²) in [6.45, 7) is -0.122. The van der Waals surface area contributed by atoms with Gasteiger partial charge < -0.3 is 4.74 Å². The quantitative estimate of drug-likeness (QED) is 0.311. The molecule has 2 amide bonds. The first-order valence-corrected chi connectivity index (χ1v) is 10.2. The Bertz CT molecular complexity index is 1180. The third kappa shape index (κ3) is 4.73. The number of hydrogen-bond acceptors (Lipinski definition) is 5. The van der Waals surface area contributed by atoms with Crippen LogP contribution in [0.3, 0.4) is 0 Å². The second-order valence-corrected chi connectivity index (χ2v) is 7.68. The second kappa shape index (κ2) is 8.97. The molecule has 5 nitrogen and oxygen atoms in total. The van der Waals surface area contributed by atoms with E-state index in [1.807, 2.05) is 6.07 Å². The van der Waals surface area contributed by atoms with Crippen LogP contribution in [-0.2, 0) is 11.3 Å². The van der Waals surface area contributed by atoms with Crippen LogP contribution in [0.25, 0.3) is 6.08 Å². The Morgan fingerprint density at radius 1 is 0.935 bits per heavy atom. The van der Waals surface area contributed by atoms with Gasteiger partial charge in [-0.2, -0.15) is 0 Å². The maximum absolute atomic E-state index is 13.9. The minimum atomic E-state index is -0.474. The normalized spacial score (nSPS) is 14.9. The lowest BCUT2D eigenvalue weighted by atomic mass is 10.2. The van der Waals surface area contributed by atoms with Gasteiger partial charge in [0.25, 0.3) is 11.1 Å². The van der Waals surface area contributed by atoms with Crippen molar-refractivity contribution < 1.29 is 23.5 Å². The van der Waals surface area contributed by atoms with Crippen molar-refractivity contribution >= 4 is 35.0 Å². The Hall–Kier alpha value is -3.71. The summed E-state index contributed by atoms with van der Waals surface area (Å²) in [5, 5.41) is -0.451. The summed E-state index contributed by atoms with van der Waals surface area (Å²) in [6, 6.07) is 21.2. The first kappa shape index (κ1) is 20.6. The van der Waals surface area contributed by atoms with E-state index in [4.69, 9.17) is 4.74 Å². The molecule has 0 aromatic heterocycles. The zero-order chi connectivity index (χ0) is 21.8. The van der Waals surface area contributed by atoms with Crippen LogP contribution in [0.2, 0.25) is 0 Å². The lowest BCUT2D eigenvalue weighted by Crippen LogP contribution is -2.27. The summed E-state index contributed by atoms with van der Waals surface area (Å²) in [5.41, 5.74) is 1.38. The van der Waals surface area contributed by atoms with Crippen molar-refractivity contribution in [2.24, 2.45) is 0 Å². The molecule has 1 saturated heterocycles. The van der Waals surface area contributed by atoms with E-state index in [1.54, 1.807) is 66.7 Å². The molecule has 1 aliphatic rings. The molecule has 1 aliphatic heterocycles. The number of esters is 1. The Morgan fingerprint density at radius 2 is 1.61 bits per heavy atom. The number of nitrogens with zero attached hydrogens (tertiary/aromatic N) is 1. The molecule has 31 heavy (non-hydrogen) atoms. The van der Waals surface area contributed by atoms with E-state index in [2.05, 4.69) is 0 Å². The maximum Gasteiger partial charge on any atom is 0.343 e. The average Bonchev–Trinajstić information content (AvgIpc) is 3.04. The molecule has 0 atom stereocenters. The van der Waals surface area contributed by atoms with E-state index >= 15 is 0 Å². The van der Waals surface area contributed by atoms with Crippen LogP contribution in [0.15, 0.2) is 83.8 Å². The lowest BCUT2D eigenvalue weighted by molar-refractivity contribution is -0.123. The molecule has 3 aromatic carbocycles. The molecule has 0 radical (unpaired) electrons. The molecular weight excluding hydrogens is 417 g/mol. The van der Waals surface area contributed by atoms with Crippen LogP contribution < -0.4 is 4.74 Å². The van der Waals surface area contributed by atoms with Crippen molar-refractivity contribution in [1.29, 1.82) is 0 Å². The number of imide groups is 1. The molecule has 0 saturated carbocycles. The predicted octanol–water partition coefficient (Wildman–Crippen LogP) is 5.28. The number of carbonyl (C=O) groups excluding carboxylic acids is 3. The molecule has 1 heterocycles. The van der Waals surface area contributed by atoms with Crippen molar-refractivity contribution in [3.05, 3.63) is 106 Å². The fourth-order valence-electron chi connectivity index (χ4n) is 2.96. The standard InChI is InChI=1S/C24H16FNO4S/c25-20-9-5-4-8-18(20)15-26-22(27)21(31-24(26)29)14-16-10-12-19(13-11-16)30-23(28)17-6-2-1-3-7-17/h1-14H,15H2/b21-14-. The van der Waals surface area contributed by atoms with E-state index < -0.39 is 22.9 Å².